The number of benzene rings is 2. The minimum atomic E-state index is -1.03. The molecule has 0 unspecified atom stereocenters. The van der Waals surface area contributed by atoms with Crippen LogP contribution in [0.1, 0.15) is 10.4 Å². The molecule has 2 N–H and O–H groups in total. The van der Waals surface area contributed by atoms with E-state index in [2.05, 4.69) is 10.2 Å². The Kier molecular flexibility index (Phi) is 3.99. The Hall–Kier alpha value is -3.22. The number of methoxy groups -OCH3 is 3. The topological polar surface area (TPSA) is 93.7 Å². The Bertz CT molecular complexity index is 917. The van der Waals surface area contributed by atoms with E-state index in [1.807, 2.05) is 0 Å². The number of hydrogen-bond donors (Lipinski definition) is 2. The zero-order valence-corrected chi connectivity index (χ0v) is 13.4. The summed E-state index contributed by atoms with van der Waals surface area (Å²) in [4.78, 5) is 11.6. The van der Waals surface area contributed by atoms with Gasteiger partial charge in [0.1, 0.15) is 5.69 Å². The Labute approximate surface area is 137 Å². The second-order valence-electron chi connectivity index (χ2n) is 4.99. The summed E-state index contributed by atoms with van der Waals surface area (Å²) in [6, 6.07) is 8.46. The van der Waals surface area contributed by atoms with E-state index in [0.29, 0.717) is 39.4 Å². The molecule has 0 saturated carbocycles. The molecule has 0 atom stereocenters. The lowest BCUT2D eigenvalue weighted by Gasteiger charge is -2.15. The van der Waals surface area contributed by atoms with Crippen LogP contribution in [-0.4, -0.2) is 42.6 Å². The maximum Gasteiger partial charge on any atom is 0.336 e. The number of ether oxygens (including phenoxy) is 3. The van der Waals surface area contributed by atoms with Crippen LogP contribution in [0.15, 0.2) is 30.3 Å². The normalized spacial score (nSPS) is 10.6. The number of aromatic carboxylic acids is 1. The van der Waals surface area contributed by atoms with Crippen LogP contribution in [0.4, 0.5) is 0 Å². The molecule has 7 heteroatoms. The second kappa shape index (κ2) is 6.11. The fraction of sp³-hybridized carbons (Fsp3) is 0.176. The van der Waals surface area contributed by atoms with Gasteiger partial charge in [0.05, 0.1) is 32.4 Å². The van der Waals surface area contributed by atoms with E-state index in [-0.39, 0.29) is 5.56 Å². The number of rotatable bonds is 5. The minimum absolute atomic E-state index is 0.160. The van der Waals surface area contributed by atoms with Crippen molar-refractivity contribution in [2.45, 2.75) is 0 Å². The SMILES string of the molecule is COc1ccc(-c2n[nH]c3cccc(C(=O)O)c23)c(OC)c1OC. The summed E-state index contributed by atoms with van der Waals surface area (Å²) in [5.41, 5.74) is 1.87. The van der Waals surface area contributed by atoms with Crippen molar-refractivity contribution in [2.75, 3.05) is 21.3 Å². The van der Waals surface area contributed by atoms with Crippen molar-refractivity contribution in [2.24, 2.45) is 0 Å². The Morgan fingerprint density at radius 1 is 1.04 bits per heavy atom. The average Bonchev–Trinajstić information content (AvgIpc) is 3.03. The summed E-state index contributed by atoms with van der Waals surface area (Å²) in [5, 5.41) is 17.1. The van der Waals surface area contributed by atoms with Crippen molar-refractivity contribution >= 4 is 16.9 Å². The third-order valence-corrected chi connectivity index (χ3v) is 3.78. The predicted octanol–water partition coefficient (Wildman–Crippen LogP) is 2.95. The van der Waals surface area contributed by atoms with Crippen LogP contribution in [0.2, 0.25) is 0 Å². The van der Waals surface area contributed by atoms with Gasteiger partial charge in [-0.25, -0.2) is 4.79 Å². The zero-order chi connectivity index (χ0) is 17.3. The van der Waals surface area contributed by atoms with Gasteiger partial charge in [0, 0.05) is 10.9 Å². The number of fused-ring (bicyclic) bond motifs is 1. The first-order valence-corrected chi connectivity index (χ1v) is 7.12. The third kappa shape index (κ3) is 2.30. The molecule has 1 heterocycles. The lowest BCUT2D eigenvalue weighted by molar-refractivity contribution is 0.0699. The number of nitrogens with zero attached hydrogens (tertiary/aromatic N) is 1. The summed E-state index contributed by atoms with van der Waals surface area (Å²) in [6.45, 7) is 0. The number of hydrogen-bond acceptors (Lipinski definition) is 5. The van der Waals surface area contributed by atoms with Gasteiger partial charge in [0.15, 0.2) is 11.5 Å². The highest BCUT2D eigenvalue weighted by molar-refractivity contribution is 6.09. The Morgan fingerprint density at radius 2 is 1.79 bits per heavy atom. The van der Waals surface area contributed by atoms with Crippen LogP contribution < -0.4 is 14.2 Å². The average molecular weight is 328 g/mol. The molecule has 0 aliphatic rings. The number of aromatic amines is 1. The van der Waals surface area contributed by atoms with Crippen LogP contribution in [0.25, 0.3) is 22.2 Å². The van der Waals surface area contributed by atoms with E-state index in [4.69, 9.17) is 14.2 Å². The first-order chi connectivity index (χ1) is 11.6. The number of H-pyrrole nitrogens is 1. The van der Waals surface area contributed by atoms with Gasteiger partial charge in [0.2, 0.25) is 5.75 Å². The van der Waals surface area contributed by atoms with Gasteiger partial charge < -0.3 is 19.3 Å². The van der Waals surface area contributed by atoms with Crippen molar-refractivity contribution in [3.63, 3.8) is 0 Å². The van der Waals surface area contributed by atoms with Crippen LogP contribution in [-0.2, 0) is 0 Å². The molecule has 0 aliphatic heterocycles. The zero-order valence-electron chi connectivity index (χ0n) is 13.4. The summed E-state index contributed by atoms with van der Waals surface area (Å²) in [5.74, 6) is 0.325. The highest BCUT2D eigenvalue weighted by Gasteiger charge is 2.22. The van der Waals surface area contributed by atoms with E-state index < -0.39 is 5.97 Å². The minimum Gasteiger partial charge on any atom is -0.493 e. The largest absolute Gasteiger partial charge is 0.493 e. The monoisotopic (exact) mass is 328 g/mol. The molecule has 7 nitrogen and oxygen atoms in total. The summed E-state index contributed by atoms with van der Waals surface area (Å²) in [6.07, 6.45) is 0. The molecular formula is C17H16N2O5. The van der Waals surface area contributed by atoms with Crippen molar-refractivity contribution in [3.05, 3.63) is 35.9 Å². The highest BCUT2D eigenvalue weighted by atomic mass is 16.5. The summed E-state index contributed by atoms with van der Waals surface area (Å²) >= 11 is 0. The number of carboxylic acids is 1. The standard InChI is InChI=1S/C17H16N2O5/c1-22-12-8-7-10(15(23-2)16(12)24-3)14-13-9(17(20)21)5-4-6-11(13)18-19-14/h4-8H,1-3H3,(H,18,19)(H,20,21). The van der Waals surface area contributed by atoms with E-state index in [1.165, 1.54) is 27.4 Å². The number of carboxylic acid groups (broad SMARTS) is 1. The summed E-state index contributed by atoms with van der Waals surface area (Å²) < 4.78 is 16.1. The predicted molar refractivity (Wildman–Crippen MR) is 88.1 cm³/mol. The molecule has 0 saturated heterocycles. The van der Waals surface area contributed by atoms with E-state index >= 15 is 0 Å². The van der Waals surface area contributed by atoms with Crippen molar-refractivity contribution in [1.82, 2.24) is 10.2 Å². The fourth-order valence-corrected chi connectivity index (χ4v) is 2.73. The lowest BCUT2D eigenvalue weighted by atomic mass is 10.0. The number of aromatic nitrogens is 2. The van der Waals surface area contributed by atoms with Crippen molar-refractivity contribution in [1.29, 1.82) is 0 Å². The molecular weight excluding hydrogens is 312 g/mol. The number of nitrogens with one attached hydrogen (secondary N) is 1. The van der Waals surface area contributed by atoms with Gasteiger partial charge in [-0.15, -0.1) is 0 Å². The van der Waals surface area contributed by atoms with Crippen LogP contribution in [0.3, 0.4) is 0 Å². The van der Waals surface area contributed by atoms with E-state index in [9.17, 15) is 9.90 Å². The highest BCUT2D eigenvalue weighted by Crippen LogP contribution is 2.45. The van der Waals surface area contributed by atoms with Crippen molar-refractivity contribution < 1.29 is 24.1 Å². The van der Waals surface area contributed by atoms with Crippen molar-refractivity contribution in [3.8, 4) is 28.5 Å². The first-order valence-electron chi connectivity index (χ1n) is 7.12. The molecule has 0 amide bonds. The van der Waals surface area contributed by atoms with Gasteiger partial charge in [-0.05, 0) is 24.3 Å². The second-order valence-corrected chi connectivity index (χ2v) is 4.99. The fourth-order valence-electron chi connectivity index (χ4n) is 2.73. The van der Waals surface area contributed by atoms with Gasteiger partial charge in [0.25, 0.3) is 0 Å². The van der Waals surface area contributed by atoms with Gasteiger partial charge in [-0.2, -0.15) is 5.10 Å². The smallest absolute Gasteiger partial charge is 0.336 e. The molecule has 0 fully saturated rings. The molecule has 124 valence electrons. The molecule has 3 rings (SSSR count). The van der Waals surface area contributed by atoms with E-state index in [1.54, 1.807) is 24.3 Å². The molecule has 0 bridgehead atoms. The summed E-state index contributed by atoms with van der Waals surface area (Å²) in [7, 11) is 4.55. The third-order valence-electron chi connectivity index (χ3n) is 3.78. The molecule has 24 heavy (non-hydrogen) atoms. The Balaban J connectivity index is 2.34. The van der Waals surface area contributed by atoms with Crippen LogP contribution >= 0.6 is 0 Å². The molecule has 0 aliphatic carbocycles. The molecule has 3 aromatic rings. The van der Waals surface area contributed by atoms with Gasteiger partial charge >= 0.3 is 5.97 Å². The van der Waals surface area contributed by atoms with Crippen LogP contribution in [0.5, 0.6) is 17.2 Å². The van der Waals surface area contributed by atoms with Gasteiger partial charge in [-0.3, -0.25) is 5.10 Å². The maximum absolute atomic E-state index is 11.6. The van der Waals surface area contributed by atoms with Gasteiger partial charge in [-0.1, -0.05) is 6.07 Å². The molecule has 0 radical (unpaired) electrons. The quantitative estimate of drug-likeness (QED) is 0.748. The maximum atomic E-state index is 11.6. The lowest BCUT2D eigenvalue weighted by Crippen LogP contribution is -1.99. The molecule has 1 aromatic heterocycles. The Morgan fingerprint density at radius 3 is 2.42 bits per heavy atom. The number of carbonyl (C=O) groups is 1. The first kappa shape index (κ1) is 15.7. The van der Waals surface area contributed by atoms with Crippen LogP contribution in [0, 0.1) is 0 Å². The van der Waals surface area contributed by atoms with E-state index in [0.717, 1.165) is 0 Å². The molecule has 0 spiro atoms. The molecule has 2 aromatic carbocycles.